The highest BCUT2D eigenvalue weighted by Gasteiger charge is 2.20. The maximum atomic E-state index is 12.3. The lowest BCUT2D eigenvalue weighted by molar-refractivity contribution is -0.134. The molecule has 0 saturated carbocycles. The van der Waals surface area contributed by atoms with Gasteiger partial charge < -0.3 is 24.8 Å². The van der Waals surface area contributed by atoms with Crippen molar-refractivity contribution < 1.29 is 19.7 Å². The summed E-state index contributed by atoms with van der Waals surface area (Å²) in [6, 6.07) is 7.32. The minimum absolute atomic E-state index is 0.0367. The van der Waals surface area contributed by atoms with E-state index in [1.165, 1.54) is 11.6 Å². The number of H-pyrrole nitrogens is 1. The molecule has 1 aromatic carbocycles. The van der Waals surface area contributed by atoms with Gasteiger partial charge >= 0.3 is 11.7 Å². The van der Waals surface area contributed by atoms with Crippen LogP contribution in [0.25, 0.3) is 11.2 Å². The molecule has 0 aliphatic heterocycles. The fraction of sp³-hybridized carbons (Fsp3) is 0.333. The lowest BCUT2D eigenvalue weighted by Gasteiger charge is -2.15. The lowest BCUT2D eigenvalue weighted by atomic mass is 10.2. The van der Waals surface area contributed by atoms with E-state index in [-0.39, 0.29) is 30.3 Å². The maximum absolute atomic E-state index is 12.3. The van der Waals surface area contributed by atoms with Gasteiger partial charge in [-0.05, 0) is 24.6 Å². The number of aliphatic hydroxyl groups is 1. The van der Waals surface area contributed by atoms with Gasteiger partial charge in [0.2, 0.25) is 5.95 Å². The van der Waals surface area contributed by atoms with E-state index in [1.54, 1.807) is 6.07 Å². The SMILES string of the molecule is Cc1cccc(OCC(O)Cn2c(NCC(=O)O)nc3c2c(=O)[nH]c(=O)n3C)c1. The van der Waals surface area contributed by atoms with Gasteiger partial charge in [-0.25, -0.2) is 4.79 Å². The first kappa shape index (κ1) is 20.1. The Morgan fingerprint density at radius 2 is 2.14 bits per heavy atom. The fourth-order valence-corrected chi connectivity index (χ4v) is 2.86. The molecule has 1 unspecified atom stereocenters. The number of aliphatic hydroxyl groups excluding tert-OH is 1. The Bertz CT molecular complexity index is 1160. The van der Waals surface area contributed by atoms with Crippen LogP contribution in [0.5, 0.6) is 5.75 Å². The summed E-state index contributed by atoms with van der Waals surface area (Å²) in [5.41, 5.74) is -0.232. The second kappa shape index (κ2) is 8.19. The van der Waals surface area contributed by atoms with Gasteiger partial charge in [0.25, 0.3) is 5.56 Å². The zero-order chi connectivity index (χ0) is 21.1. The van der Waals surface area contributed by atoms with Crippen molar-refractivity contribution in [2.75, 3.05) is 18.5 Å². The number of fused-ring (bicyclic) bond motifs is 1. The predicted octanol–water partition coefficient (Wildman–Crippen LogP) is -0.332. The van der Waals surface area contributed by atoms with Gasteiger partial charge in [-0.3, -0.25) is 19.1 Å². The maximum Gasteiger partial charge on any atom is 0.329 e. The number of nitrogens with zero attached hydrogens (tertiary/aromatic N) is 3. The standard InChI is InChI=1S/C18H21N5O6/c1-10-4-3-5-12(6-10)29-9-11(24)8-23-14-15(20-17(23)19-7-13(25)26)22(2)18(28)21-16(14)27/h3-6,11,24H,7-9H2,1-2H3,(H,19,20)(H,25,26)(H,21,27,28). The van der Waals surface area contributed by atoms with Crippen LogP contribution in [-0.2, 0) is 18.4 Å². The third kappa shape index (κ3) is 4.46. The molecular formula is C18H21N5O6. The Morgan fingerprint density at radius 1 is 1.38 bits per heavy atom. The van der Waals surface area contributed by atoms with Gasteiger partial charge in [0.05, 0.1) is 6.54 Å². The molecule has 1 atom stereocenters. The van der Waals surface area contributed by atoms with Gasteiger partial charge in [-0.2, -0.15) is 4.98 Å². The summed E-state index contributed by atoms with van der Waals surface area (Å²) < 4.78 is 8.05. The summed E-state index contributed by atoms with van der Waals surface area (Å²) in [7, 11) is 1.43. The third-order valence-electron chi connectivity index (χ3n) is 4.23. The molecule has 0 spiro atoms. The molecule has 4 N–H and O–H groups in total. The van der Waals surface area contributed by atoms with Crippen molar-refractivity contribution in [3.63, 3.8) is 0 Å². The smallest absolute Gasteiger partial charge is 0.329 e. The molecule has 0 radical (unpaired) electrons. The number of carboxylic acids is 1. The minimum atomic E-state index is -1.13. The van der Waals surface area contributed by atoms with Crippen molar-refractivity contribution in [3.8, 4) is 5.75 Å². The van der Waals surface area contributed by atoms with Gasteiger partial charge in [0.1, 0.15) is 25.0 Å². The first-order valence-corrected chi connectivity index (χ1v) is 8.79. The first-order valence-electron chi connectivity index (χ1n) is 8.79. The monoisotopic (exact) mass is 403 g/mol. The Hall–Kier alpha value is -3.60. The van der Waals surface area contributed by atoms with Crippen LogP contribution in [0.3, 0.4) is 0 Å². The van der Waals surface area contributed by atoms with Crippen molar-refractivity contribution >= 4 is 23.1 Å². The Morgan fingerprint density at radius 3 is 2.83 bits per heavy atom. The molecule has 0 aliphatic carbocycles. The van der Waals surface area contributed by atoms with E-state index in [2.05, 4.69) is 15.3 Å². The van der Waals surface area contributed by atoms with Crippen molar-refractivity contribution in [1.29, 1.82) is 0 Å². The number of carbonyl (C=O) groups is 1. The highest BCUT2D eigenvalue weighted by Crippen LogP contribution is 2.17. The Labute approximate surface area is 164 Å². The van der Waals surface area contributed by atoms with E-state index in [0.29, 0.717) is 5.75 Å². The van der Waals surface area contributed by atoms with Crippen LogP contribution in [-0.4, -0.2) is 54.5 Å². The molecule has 0 bridgehead atoms. The summed E-state index contributed by atoms with van der Waals surface area (Å²) in [5, 5.41) is 21.9. The van der Waals surface area contributed by atoms with Crippen molar-refractivity contribution in [2.24, 2.45) is 7.05 Å². The van der Waals surface area contributed by atoms with E-state index in [4.69, 9.17) is 9.84 Å². The molecule has 3 rings (SSSR count). The number of aliphatic carboxylic acids is 1. The number of benzene rings is 1. The quantitative estimate of drug-likeness (QED) is 0.399. The number of aromatic amines is 1. The number of rotatable bonds is 8. The lowest BCUT2D eigenvalue weighted by Crippen LogP contribution is -2.31. The van der Waals surface area contributed by atoms with Gasteiger partial charge in [-0.15, -0.1) is 0 Å². The summed E-state index contributed by atoms with van der Waals surface area (Å²) >= 11 is 0. The number of imidazole rings is 1. The van der Waals surface area contributed by atoms with E-state index in [9.17, 15) is 19.5 Å². The molecule has 154 valence electrons. The average Bonchev–Trinajstić information content (AvgIpc) is 3.02. The van der Waals surface area contributed by atoms with Gasteiger partial charge in [0, 0.05) is 7.05 Å². The molecule has 11 nitrogen and oxygen atoms in total. The van der Waals surface area contributed by atoms with E-state index < -0.39 is 29.9 Å². The highest BCUT2D eigenvalue weighted by molar-refractivity contribution is 5.76. The number of aromatic nitrogens is 4. The van der Waals surface area contributed by atoms with Crippen LogP contribution in [0.1, 0.15) is 5.56 Å². The molecule has 3 aromatic rings. The van der Waals surface area contributed by atoms with Crippen molar-refractivity contribution in [1.82, 2.24) is 19.1 Å². The average molecular weight is 403 g/mol. The molecule has 0 fully saturated rings. The summed E-state index contributed by atoms with van der Waals surface area (Å²) in [6.07, 6.45) is -1.03. The fourth-order valence-electron chi connectivity index (χ4n) is 2.86. The molecule has 0 aliphatic rings. The zero-order valence-electron chi connectivity index (χ0n) is 15.9. The number of hydrogen-bond acceptors (Lipinski definition) is 7. The number of ether oxygens (including phenoxy) is 1. The summed E-state index contributed by atoms with van der Waals surface area (Å²) in [5.74, 6) is -0.498. The van der Waals surface area contributed by atoms with Crippen LogP contribution in [0, 0.1) is 6.92 Å². The van der Waals surface area contributed by atoms with E-state index >= 15 is 0 Å². The Balaban J connectivity index is 1.90. The Kier molecular flexibility index (Phi) is 5.69. The van der Waals surface area contributed by atoms with Gasteiger partial charge in [0.15, 0.2) is 11.2 Å². The van der Waals surface area contributed by atoms with Crippen molar-refractivity contribution in [3.05, 3.63) is 50.7 Å². The number of anilines is 1. The molecule has 0 saturated heterocycles. The predicted molar refractivity (Wildman–Crippen MR) is 104 cm³/mol. The number of aryl methyl sites for hydroxylation is 2. The molecule has 0 amide bonds. The van der Waals surface area contributed by atoms with Crippen molar-refractivity contribution in [2.45, 2.75) is 19.6 Å². The summed E-state index contributed by atoms with van der Waals surface area (Å²) in [4.78, 5) is 41.4. The van der Waals surface area contributed by atoms with Crippen LogP contribution < -0.4 is 21.3 Å². The zero-order valence-corrected chi connectivity index (χ0v) is 15.9. The molecular weight excluding hydrogens is 382 g/mol. The normalized spacial score (nSPS) is 12.1. The van der Waals surface area contributed by atoms with E-state index in [1.807, 2.05) is 25.1 Å². The molecule has 2 heterocycles. The highest BCUT2D eigenvalue weighted by atomic mass is 16.5. The topological polar surface area (TPSA) is 151 Å². The van der Waals surface area contributed by atoms with Crippen LogP contribution >= 0.6 is 0 Å². The van der Waals surface area contributed by atoms with Crippen LogP contribution in [0.4, 0.5) is 5.95 Å². The molecule has 2 aromatic heterocycles. The van der Waals surface area contributed by atoms with Gasteiger partial charge in [-0.1, -0.05) is 12.1 Å². The van der Waals surface area contributed by atoms with Crippen LogP contribution in [0.2, 0.25) is 0 Å². The number of nitrogens with one attached hydrogen (secondary N) is 2. The van der Waals surface area contributed by atoms with Crippen LogP contribution in [0.15, 0.2) is 33.9 Å². The number of hydrogen-bond donors (Lipinski definition) is 4. The summed E-state index contributed by atoms with van der Waals surface area (Å²) in [6.45, 7) is 1.29. The largest absolute Gasteiger partial charge is 0.491 e. The first-order chi connectivity index (χ1) is 13.8. The minimum Gasteiger partial charge on any atom is -0.491 e. The second-order valence-electron chi connectivity index (χ2n) is 6.57. The number of carboxylic acid groups (broad SMARTS) is 1. The third-order valence-corrected chi connectivity index (χ3v) is 4.23. The second-order valence-corrected chi connectivity index (χ2v) is 6.57. The molecule has 11 heteroatoms. The molecule has 29 heavy (non-hydrogen) atoms. The van der Waals surface area contributed by atoms with E-state index in [0.717, 1.165) is 10.1 Å².